The molecule has 0 spiro atoms. The molecule has 2 N–H and O–H groups in total. The summed E-state index contributed by atoms with van der Waals surface area (Å²) >= 11 is 6.67. The van der Waals surface area contributed by atoms with E-state index in [9.17, 15) is 4.79 Å². The van der Waals surface area contributed by atoms with E-state index in [2.05, 4.69) is 47.5 Å². The normalized spacial score (nSPS) is 10.1. The minimum atomic E-state index is -0.0306. The average molecular weight is 399 g/mol. The fraction of sp³-hybridized carbons (Fsp3) is 0.143. The Bertz CT molecular complexity index is 570. The van der Waals surface area contributed by atoms with Gasteiger partial charge in [0.05, 0.1) is 0 Å². The van der Waals surface area contributed by atoms with Crippen molar-refractivity contribution in [1.82, 2.24) is 4.98 Å². The van der Waals surface area contributed by atoms with Crippen LogP contribution in [-0.4, -0.2) is 17.4 Å². The van der Waals surface area contributed by atoms with Crippen molar-refractivity contribution < 1.29 is 4.79 Å². The highest BCUT2D eigenvalue weighted by molar-refractivity contribution is 9.10. The number of hydrogen-bond donors (Lipinski definition) is 2. The first-order valence-corrected chi connectivity index (χ1v) is 7.63. The van der Waals surface area contributed by atoms with E-state index in [1.165, 1.54) is 0 Å². The maximum Gasteiger partial charge on any atom is 0.226 e. The molecule has 2 rings (SSSR count). The van der Waals surface area contributed by atoms with Gasteiger partial charge in [0.2, 0.25) is 5.91 Å². The molecule has 0 fully saturated rings. The Kier molecular flexibility index (Phi) is 5.55. The Morgan fingerprint density at radius 3 is 2.40 bits per heavy atom. The van der Waals surface area contributed by atoms with Crippen LogP contribution in [0, 0.1) is 0 Å². The van der Waals surface area contributed by atoms with Crippen LogP contribution < -0.4 is 10.6 Å². The third-order valence-electron chi connectivity index (χ3n) is 2.51. The zero-order valence-corrected chi connectivity index (χ0v) is 13.7. The molecule has 0 saturated heterocycles. The van der Waals surface area contributed by atoms with Gasteiger partial charge < -0.3 is 10.6 Å². The Morgan fingerprint density at radius 1 is 1.05 bits per heavy atom. The van der Waals surface area contributed by atoms with E-state index >= 15 is 0 Å². The molecule has 6 heteroatoms. The second kappa shape index (κ2) is 7.40. The molecular formula is C14H13Br2N3O. The van der Waals surface area contributed by atoms with Gasteiger partial charge in [-0.15, -0.1) is 0 Å². The van der Waals surface area contributed by atoms with Gasteiger partial charge in [-0.1, -0.05) is 15.9 Å². The lowest BCUT2D eigenvalue weighted by atomic mass is 10.3. The van der Waals surface area contributed by atoms with Gasteiger partial charge in [0.1, 0.15) is 5.82 Å². The number of aromatic nitrogens is 1. The zero-order chi connectivity index (χ0) is 14.4. The van der Waals surface area contributed by atoms with Crippen molar-refractivity contribution in [2.75, 3.05) is 17.2 Å². The summed E-state index contributed by atoms with van der Waals surface area (Å²) in [5, 5.41) is 5.93. The molecule has 4 nitrogen and oxygen atoms in total. The van der Waals surface area contributed by atoms with Crippen molar-refractivity contribution in [3.8, 4) is 0 Å². The highest BCUT2D eigenvalue weighted by atomic mass is 79.9. The number of benzene rings is 1. The SMILES string of the molecule is O=C(CCNc1ccc(Br)cn1)Nc1ccc(Br)cc1. The summed E-state index contributed by atoms with van der Waals surface area (Å²) in [4.78, 5) is 15.9. The first kappa shape index (κ1) is 15.0. The van der Waals surface area contributed by atoms with Crippen molar-refractivity contribution in [2.24, 2.45) is 0 Å². The molecule has 104 valence electrons. The van der Waals surface area contributed by atoms with Gasteiger partial charge in [-0.2, -0.15) is 0 Å². The number of anilines is 2. The number of nitrogens with one attached hydrogen (secondary N) is 2. The van der Waals surface area contributed by atoms with Crippen LogP contribution in [0.3, 0.4) is 0 Å². The second-order valence-corrected chi connectivity index (χ2v) is 5.92. The van der Waals surface area contributed by atoms with E-state index in [0.29, 0.717) is 13.0 Å². The maximum atomic E-state index is 11.8. The van der Waals surface area contributed by atoms with Crippen molar-refractivity contribution in [3.63, 3.8) is 0 Å². The van der Waals surface area contributed by atoms with Crippen LogP contribution >= 0.6 is 31.9 Å². The Morgan fingerprint density at radius 2 is 1.75 bits per heavy atom. The lowest BCUT2D eigenvalue weighted by molar-refractivity contribution is -0.115. The number of carbonyl (C=O) groups is 1. The molecule has 0 aliphatic heterocycles. The van der Waals surface area contributed by atoms with E-state index in [0.717, 1.165) is 20.5 Å². The Labute approximate surface area is 134 Å². The Hall–Kier alpha value is -1.40. The van der Waals surface area contributed by atoms with Crippen LogP contribution in [0.15, 0.2) is 51.5 Å². The van der Waals surface area contributed by atoms with Gasteiger partial charge in [-0.25, -0.2) is 4.98 Å². The van der Waals surface area contributed by atoms with E-state index in [-0.39, 0.29) is 5.91 Å². The van der Waals surface area contributed by atoms with Gasteiger partial charge in [0, 0.05) is 33.8 Å². The van der Waals surface area contributed by atoms with Crippen LogP contribution in [0.2, 0.25) is 0 Å². The molecule has 0 aliphatic rings. The van der Waals surface area contributed by atoms with Crippen LogP contribution in [0.5, 0.6) is 0 Å². The molecule has 0 bridgehead atoms. The first-order valence-electron chi connectivity index (χ1n) is 6.04. The van der Waals surface area contributed by atoms with Gasteiger partial charge in [-0.05, 0) is 52.3 Å². The number of pyridine rings is 1. The minimum Gasteiger partial charge on any atom is -0.370 e. The topological polar surface area (TPSA) is 54.0 Å². The fourth-order valence-electron chi connectivity index (χ4n) is 1.54. The summed E-state index contributed by atoms with van der Waals surface area (Å²) in [6, 6.07) is 11.2. The van der Waals surface area contributed by atoms with Gasteiger partial charge >= 0.3 is 0 Å². The monoisotopic (exact) mass is 397 g/mol. The van der Waals surface area contributed by atoms with Crippen LogP contribution in [0.25, 0.3) is 0 Å². The quantitative estimate of drug-likeness (QED) is 0.798. The Balaban J connectivity index is 1.75. The molecule has 1 amide bonds. The summed E-state index contributed by atoms with van der Waals surface area (Å²) in [5.41, 5.74) is 0.792. The number of rotatable bonds is 5. The lowest BCUT2D eigenvalue weighted by Gasteiger charge is -2.07. The third-order valence-corrected chi connectivity index (χ3v) is 3.51. The molecule has 0 saturated carbocycles. The molecule has 0 unspecified atom stereocenters. The van der Waals surface area contributed by atoms with E-state index in [1.807, 2.05) is 36.4 Å². The van der Waals surface area contributed by atoms with E-state index in [4.69, 9.17) is 0 Å². The van der Waals surface area contributed by atoms with Crippen LogP contribution in [0.1, 0.15) is 6.42 Å². The molecule has 1 aromatic heterocycles. The van der Waals surface area contributed by atoms with Gasteiger partial charge in [0.25, 0.3) is 0 Å². The number of nitrogens with zero attached hydrogens (tertiary/aromatic N) is 1. The predicted octanol–water partition coefficient (Wildman–Crippen LogP) is 4.05. The van der Waals surface area contributed by atoms with Gasteiger partial charge in [0.15, 0.2) is 0 Å². The second-order valence-electron chi connectivity index (χ2n) is 4.09. The first-order chi connectivity index (χ1) is 9.63. The van der Waals surface area contributed by atoms with Crippen molar-refractivity contribution in [2.45, 2.75) is 6.42 Å². The average Bonchev–Trinajstić information content (AvgIpc) is 2.44. The molecule has 1 heterocycles. The number of halogens is 2. The number of amides is 1. The minimum absolute atomic E-state index is 0.0306. The molecule has 20 heavy (non-hydrogen) atoms. The highest BCUT2D eigenvalue weighted by Gasteiger charge is 2.02. The summed E-state index contributed by atoms with van der Waals surface area (Å²) in [6.07, 6.45) is 2.10. The van der Waals surface area contributed by atoms with Crippen molar-refractivity contribution in [3.05, 3.63) is 51.5 Å². The number of hydrogen-bond acceptors (Lipinski definition) is 3. The maximum absolute atomic E-state index is 11.8. The highest BCUT2D eigenvalue weighted by Crippen LogP contribution is 2.14. The fourth-order valence-corrected chi connectivity index (χ4v) is 2.04. The third kappa shape index (κ3) is 4.94. The molecule has 0 atom stereocenters. The smallest absolute Gasteiger partial charge is 0.226 e. The van der Waals surface area contributed by atoms with Gasteiger partial charge in [-0.3, -0.25) is 4.79 Å². The van der Waals surface area contributed by atoms with E-state index < -0.39 is 0 Å². The van der Waals surface area contributed by atoms with E-state index in [1.54, 1.807) is 6.20 Å². The molecule has 0 aliphatic carbocycles. The summed E-state index contributed by atoms with van der Waals surface area (Å²) < 4.78 is 1.91. The lowest BCUT2D eigenvalue weighted by Crippen LogP contribution is -2.16. The largest absolute Gasteiger partial charge is 0.370 e. The molecular weight excluding hydrogens is 386 g/mol. The van der Waals surface area contributed by atoms with Crippen molar-refractivity contribution in [1.29, 1.82) is 0 Å². The molecule has 2 aromatic rings. The molecule has 0 radical (unpaired) electrons. The van der Waals surface area contributed by atoms with Crippen molar-refractivity contribution >= 4 is 49.3 Å². The summed E-state index contributed by atoms with van der Waals surface area (Å²) in [6.45, 7) is 0.539. The summed E-state index contributed by atoms with van der Waals surface area (Å²) in [5.74, 6) is 0.724. The van der Waals surface area contributed by atoms with Crippen LogP contribution in [0.4, 0.5) is 11.5 Å². The predicted molar refractivity (Wildman–Crippen MR) is 87.8 cm³/mol. The molecule has 1 aromatic carbocycles. The number of carbonyl (C=O) groups excluding carboxylic acids is 1. The zero-order valence-electron chi connectivity index (χ0n) is 10.6. The summed E-state index contributed by atoms with van der Waals surface area (Å²) in [7, 11) is 0. The van der Waals surface area contributed by atoms with Crippen LogP contribution in [-0.2, 0) is 4.79 Å². The standard InChI is InChI=1S/C14H13Br2N3O/c15-10-1-4-12(5-2-10)19-14(20)7-8-17-13-6-3-11(16)9-18-13/h1-6,9H,7-8H2,(H,17,18)(H,19,20).